The van der Waals surface area contributed by atoms with Crippen LogP contribution in [-0.4, -0.2) is 18.0 Å². The minimum atomic E-state index is 0. The number of carbonyl (C=O) groups excluding carboxylic acids is 1. The molecule has 0 aromatic heterocycles. The first kappa shape index (κ1) is 15.6. The van der Waals surface area contributed by atoms with Gasteiger partial charge in [-0.25, -0.2) is 0 Å². The number of hydrogen-bond acceptors (Lipinski definition) is 2. The molecule has 4 aliphatic carbocycles. The predicted molar refractivity (Wildman–Crippen MR) is 86.2 cm³/mol. The van der Waals surface area contributed by atoms with Gasteiger partial charge in [0.05, 0.1) is 0 Å². The van der Waals surface area contributed by atoms with E-state index in [0.29, 0.717) is 11.9 Å². The van der Waals surface area contributed by atoms with Gasteiger partial charge in [-0.3, -0.25) is 4.79 Å². The molecule has 7 unspecified atom stereocenters. The largest absolute Gasteiger partial charge is 0.353 e. The van der Waals surface area contributed by atoms with Crippen molar-refractivity contribution in [2.24, 2.45) is 35.3 Å². The molecule has 4 rings (SSSR count). The number of halogens is 1. The number of nitrogens with two attached hydrogens (primary N) is 1. The van der Waals surface area contributed by atoms with Gasteiger partial charge >= 0.3 is 0 Å². The number of amides is 1. The summed E-state index contributed by atoms with van der Waals surface area (Å²) in [5.74, 6) is 4.17. The lowest BCUT2D eigenvalue weighted by molar-refractivity contribution is -0.127. The monoisotopic (exact) mass is 312 g/mol. The Balaban J connectivity index is 0.00000132. The number of rotatable bonds is 2. The van der Waals surface area contributed by atoms with Gasteiger partial charge in [0.25, 0.3) is 0 Å². The zero-order valence-corrected chi connectivity index (χ0v) is 13.6. The molecule has 21 heavy (non-hydrogen) atoms. The van der Waals surface area contributed by atoms with Gasteiger partial charge < -0.3 is 11.1 Å². The molecule has 0 radical (unpaired) electrons. The average molecular weight is 313 g/mol. The summed E-state index contributed by atoms with van der Waals surface area (Å²) in [6, 6.07) is 0.740. The Hall–Kier alpha value is -0.280. The van der Waals surface area contributed by atoms with Crippen molar-refractivity contribution in [1.29, 1.82) is 0 Å². The molecular formula is C17H29ClN2O. The Morgan fingerprint density at radius 2 is 1.67 bits per heavy atom. The molecule has 7 atom stereocenters. The molecular weight excluding hydrogens is 284 g/mol. The highest BCUT2D eigenvalue weighted by atomic mass is 35.5. The third-order valence-electron chi connectivity index (χ3n) is 6.84. The molecule has 4 fully saturated rings. The van der Waals surface area contributed by atoms with E-state index < -0.39 is 0 Å². The number of nitrogens with one attached hydrogen (secondary N) is 1. The van der Waals surface area contributed by atoms with Gasteiger partial charge in [0.1, 0.15) is 0 Å². The average Bonchev–Trinajstić information content (AvgIpc) is 3.10. The van der Waals surface area contributed by atoms with E-state index in [4.69, 9.17) is 5.73 Å². The highest BCUT2D eigenvalue weighted by Crippen LogP contribution is 2.58. The highest BCUT2D eigenvalue weighted by Gasteiger charge is 2.54. The van der Waals surface area contributed by atoms with Gasteiger partial charge in [-0.05, 0) is 68.6 Å². The fourth-order valence-corrected chi connectivity index (χ4v) is 6.00. The SMILES string of the molecule is Cl.NC1CCCC(C(=O)NC2CC3CC2C2CCCC32)C1. The van der Waals surface area contributed by atoms with E-state index in [2.05, 4.69) is 5.32 Å². The van der Waals surface area contributed by atoms with Crippen LogP contribution in [0, 0.1) is 29.6 Å². The Morgan fingerprint density at radius 3 is 2.48 bits per heavy atom. The van der Waals surface area contributed by atoms with Gasteiger partial charge in [-0.2, -0.15) is 0 Å². The Kier molecular flexibility index (Phi) is 4.52. The van der Waals surface area contributed by atoms with E-state index in [-0.39, 0.29) is 24.4 Å². The molecule has 0 heterocycles. The smallest absolute Gasteiger partial charge is 0.223 e. The fourth-order valence-electron chi connectivity index (χ4n) is 6.00. The molecule has 120 valence electrons. The van der Waals surface area contributed by atoms with Crippen LogP contribution in [0.15, 0.2) is 0 Å². The maximum Gasteiger partial charge on any atom is 0.223 e. The number of carbonyl (C=O) groups is 1. The van der Waals surface area contributed by atoms with E-state index >= 15 is 0 Å². The fraction of sp³-hybridized carbons (Fsp3) is 0.941. The van der Waals surface area contributed by atoms with Crippen LogP contribution in [0.5, 0.6) is 0 Å². The summed E-state index contributed by atoms with van der Waals surface area (Å²) < 4.78 is 0. The van der Waals surface area contributed by atoms with Crippen LogP contribution in [0.1, 0.15) is 57.8 Å². The third-order valence-corrected chi connectivity index (χ3v) is 6.84. The molecule has 4 aliphatic rings. The van der Waals surface area contributed by atoms with E-state index in [1.807, 2.05) is 0 Å². The topological polar surface area (TPSA) is 55.1 Å². The first-order chi connectivity index (χ1) is 9.72. The molecule has 0 saturated heterocycles. The molecule has 3 nitrogen and oxygen atoms in total. The lowest BCUT2D eigenvalue weighted by Crippen LogP contribution is -2.46. The van der Waals surface area contributed by atoms with Crippen LogP contribution in [-0.2, 0) is 4.79 Å². The molecule has 0 aromatic rings. The van der Waals surface area contributed by atoms with E-state index in [1.54, 1.807) is 0 Å². The highest BCUT2D eigenvalue weighted by molar-refractivity contribution is 5.85. The summed E-state index contributed by atoms with van der Waals surface area (Å²) in [6.07, 6.45) is 11.1. The predicted octanol–water partition coefficient (Wildman–Crippen LogP) is 2.87. The lowest BCUT2D eigenvalue weighted by Gasteiger charge is -2.34. The third kappa shape index (κ3) is 2.72. The van der Waals surface area contributed by atoms with Crippen molar-refractivity contribution in [3.63, 3.8) is 0 Å². The van der Waals surface area contributed by atoms with Crippen molar-refractivity contribution >= 4 is 18.3 Å². The standard InChI is InChI=1S/C17H28N2O.ClH/c18-12-4-1-3-10(7-12)17(20)19-16-9-11-8-15(16)14-6-2-5-13(11)14;/h10-16H,1-9,18H2,(H,19,20);1H. The van der Waals surface area contributed by atoms with Crippen LogP contribution in [0.3, 0.4) is 0 Å². The molecule has 4 saturated carbocycles. The normalized spacial score (nSPS) is 47.8. The summed E-state index contributed by atoms with van der Waals surface area (Å²) in [4.78, 5) is 12.5. The summed E-state index contributed by atoms with van der Waals surface area (Å²) in [6.45, 7) is 0. The molecule has 0 spiro atoms. The van der Waals surface area contributed by atoms with Crippen LogP contribution in [0.2, 0.25) is 0 Å². The maximum atomic E-state index is 12.5. The molecule has 0 aliphatic heterocycles. The molecule has 0 aromatic carbocycles. The first-order valence-corrected chi connectivity index (χ1v) is 8.78. The van der Waals surface area contributed by atoms with Crippen molar-refractivity contribution in [3.8, 4) is 0 Å². The van der Waals surface area contributed by atoms with Gasteiger partial charge in [-0.15, -0.1) is 12.4 Å². The lowest BCUT2D eigenvalue weighted by atomic mass is 9.78. The molecule has 1 amide bonds. The molecule has 2 bridgehead atoms. The Labute approximate surface area is 134 Å². The van der Waals surface area contributed by atoms with E-state index in [1.165, 1.54) is 32.1 Å². The van der Waals surface area contributed by atoms with Crippen LogP contribution < -0.4 is 11.1 Å². The summed E-state index contributed by atoms with van der Waals surface area (Å²) in [5, 5.41) is 3.42. The zero-order chi connectivity index (χ0) is 13.7. The van der Waals surface area contributed by atoms with Gasteiger partial charge in [0.2, 0.25) is 5.91 Å². The van der Waals surface area contributed by atoms with Crippen molar-refractivity contribution in [2.75, 3.05) is 0 Å². The minimum absolute atomic E-state index is 0. The van der Waals surface area contributed by atoms with Gasteiger partial charge in [-0.1, -0.05) is 12.8 Å². The van der Waals surface area contributed by atoms with Gasteiger partial charge in [0.15, 0.2) is 0 Å². The maximum absolute atomic E-state index is 12.5. The first-order valence-electron chi connectivity index (χ1n) is 8.78. The van der Waals surface area contributed by atoms with Crippen molar-refractivity contribution in [1.82, 2.24) is 5.32 Å². The molecule has 3 N–H and O–H groups in total. The van der Waals surface area contributed by atoms with Gasteiger partial charge in [0, 0.05) is 18.0 Å². The Morgan fingerprint density at radius 1 is 0.905 bits per heavy atom. The van der Waals surface area contributed by atoms with E-state index in [9.17, 15) is 4.79 Å². The van der Waals surface area contributed by atoms with Crippen LogP contribution >= 0.6 is 12.4 Å². The van der Waals surface area contributed by atoms with Crippen molar-refractivity contribution in [3.05, 3.63) is 0 Å². The van der Waals surface area contributed by atoms with Crippen molar-refractivity contribution in [2.45, 2.75) is 69.9 Å². The quantitative estimate of drug-likeness (QED) is 0.824. The second-order valence-corrected chi connectivity index (χ2v) is 7.89. The molecule has 4 heteroatoms. The zero-order valence-electron chi connectivity index (χ0n) is 12.8. The summed E-state index contributed by atoms with van der Waals surface area (Å²) in [5.41, 5.74) is 6.02. The second kappa shape index (κ2) is 6.08. The summed E-state index contributed by atoms with van der Waals surface area (Å²) >= 11 is 0. The van der Waals surface area contributed by atoms with Crippen LogP contribution in [0.25, 0.3) is 0 Å². The van der Waals surface area contributed by atoms with E-state index in [0.717, 1.165) is 49.4 Å². The number of hydrogen-bond donors (Lipinski definition) is 2. The minimum Gasteiger partial charge on any atom is -0.353 e. The summed E-state index contributed by atoms with van der Waals surface area (Å²) in [7, 11) is 0. The van der Waals surface area contributed by atoms with Crippen molar-refractivity contribution < 1.29 is 4.79 Å². The number of fused-ring (bicyclic) bond motifs is 5. The Bertz CT molecular complexity index is 402. The second-order valence-electron chi connectivity index (χ2n) is 7.89. The van der Waals surface area contributed by atoms with Crippen LogP contribution in [0.4, 0.5) is 0 Å².